The minimum Gasteiger partial charge on any atom is -0.348 e. The van der Waals surface area contributed by atoms with E-state index in [4.69, 9.17) is 5.73 Å². The quantitative estimate of drug-likeness (QED) is 0.723. The highest BCUT2D eigenvalue weighted by molar-refractivity contribution is 7.90. The Bertz CT molecular complexity index is 380. The van der Waals surface area contributed by atoms with Crippen LogP contribution in [0.2, 0.25) is 0 Å². The Kier molecular flexibility index (Phi) is 4.51. The maximum atomic E-state index is 12.2. The fourth-order valence-corrected chi connectivity index (χ4v) is 3.62. The molecule has 0 aromatic rings. The average molecular weight is 263 g/mol. The Labute approximate surface area is 103 Å². The molecule has 1 heterocycles. The Hall–Kier alpha value is -0.660. The van der Waals surface area contributed by atoms with Gasteiger partial charge < -0.3 is 10.6 Å². The van der Waals surface area contributed by atoms with Crippen molar-refractivity contribution in [2.24, 2.45) is 5.73 Å². The average Bonchev–Trinajstić information content (AvgIpc) is 2.26. The van der Waals surface area contributed by atoms with Crippen LogP contribution in [0.4, 0.5) is 0 Å². The van der Waals surface area contributed by atoms with Gasteiger partial charge in [-0.3, -0.25) is 4.79 Å². The number of sulfonamides is 1. The summed E-state index contributed by atoms with van der Waals surface area (Å²) in [5.41, 5.74) is 5.76. The van der Waals surface area contributed by atoms with Crippen LogP contribution in [0.1, 0.15) is 19.8 Å². The Morgan fingerprint density at radius 1 is 1.47 bits per heavy atom. The van der Waals surface area contributed by atoms with Gasteiger partial charge in [0.1, 0.15) is 0 Å². The maximum Gasteiger partial charge on any atom is 0.241 e. The Morgan fingerprint density at radius 2 is 2.06 bits per heavy atom. The van der Waals surface area contributed by atoms with E-state index in [0.717, 1.165) is 12.8 Å². The summed E-state index contributed by atoms with van der Waals surface area (Å²) in [6.45, 7) is 2.20. The van der Waals surface area contributed by atoms with Crippen LogP contribution in [0, 0.1) is 0 Å². The summed E-state index contributed by atoms with van der Waals surface area (Å²) in [4.78, 5) is 13.0. The minimum atomic E-state index is -3.58. The van der Waals surface area contributed by atoms with Crippen LogP contribution in [0.3, 0.4) is 0 Å². The summed E-state index contributed by atoms with van der Waals surface area (Å²) in [5, 5.41) is -1.04. The third kappa shape index (κ3) is 3.17. The smallest absolute Gasteiger partial charge is 0.241 e. The van der Waals surface area contributed by atoms with Gasteiger partial charge in [-0.1, -0.05) is 0 Å². The molecule has 0 aromatic carbocycles. The zero-order valence-corrected chi connectivity index (χ0v) is 11.4. The molecule has 1 aliphatic heterocycles. The van der Waals surface area contributed by atoms with Crippen molar-refractivity contribution in [2.75, 3.05) is 27.2 Å². The molecule has 1 fully saturated rings. The van der Waals surface area contributed by atoms with Crippen molar-refractivity contribution in [3.05, 3.63) is 0 Å². The highest BCUT2D eigenvalue weighted by atomic mass is 32.2. The molecule has 7 heteroatoms. The summed E-state index contributed by atoms with van der Waals surface area (Å²) >= 11 is 0. The number of carbonyl (C=O) groups is 1. The molecular weight excluding hydrogens is 242 g/mol. The van der Waals surface area contributed by atoms with Crippen LogP contribution in [0.15, 0.2) is 0 Å². The van der Waals surface area contributed by atoms with Gasteiger partial charge in [0.15, 0.2) is 5.25 Å². The molecule has 0 aliphatic carbocycles. The fraction of sp³-hybridized carbons (Fsp3) is 0.900. The van der Waals surface area contributed by atoms with Crippen LogP contribution < -0.4 is 5.73 Å². The second-order valence-corrected chi connectivity index (χ2v) is 6.93. The molecule has 0 bridgehead atoms. The van der Waals surface area contributed by atoms with Crippen molar-refractivity contribution >= 4 is 15.9 Å². The second kappa shape index (κ2) is 5.32. The number of hydrogen-bond acceptors (Lipinski definition) is 4. The van der Waals surface area contributed by atoms with Gasteiger partial charge in [0.25, 0.3) is 0 Å². The summed E-state index contributed by atoms with van der Waals surface area (Å²) in [6.07, 6.45) is 1.59. The van der Waals surface area contributed by atoms with Crippen LogP contribution >= 0.6 is 0 Å². The number of amides is 1. The van der Waals surface area contributed by atoms with E-state index in [9.17, 15) is 13.2 Å². The first-order chi connectivity index (χ1) is 7.76. The zero-order chi connectivity index (χ0) is 13.2. The van der Waals surface area contributed by atoms with E-state index in [0.29, 0.717) is 13.1 Å². The van der Waals surface area contributed by atoms with E-state index in [1.165, 1.54) is 16.1 Å². The number of rotatable bonds is 3. The standard InChI is InChI=1S/C10H21N3O3S/c1-8(10(14)12(2)3)17(15,16)13-6-4-5-9(11)7-13/h8-9H,4-7,11H2,1-3H3. The molecular formula is C10H21N3O3S. The van der Waals surface area contributed by atoms with Gasteiger partial charge in [-0.05, 0) is 19.8 Å². The third-order valence-corrected chi connectivity index (χ3v) is 5.16. The van der Waals surface area contributed by atoms with Crippen LogP contribution in [-0.4, -0.2) is 62.0 Å². The number of hydrogen-bond donors (Lipinski definition) is 1. The van der Waals surface area contributed by atoms with Crippen molar-refractivity contribution in [1.82, 2.24) is 9.21 Å². The molecule has 0 saturated carbocycles. The number of carbonyl (C=O) groups excluding carboxylic acids is 1. The van der Waals surface area contributed by atoms with Crippen LogP contribution in [-0.2, 0) is 14.8 Å². The fourth-order valence-electron chi connectivity index (χ4n) is 1.92. The lowest BCUT2D eigenvalue weighted by atomic mass is 10.1. The molecule has 2 unspecified atom stereocenters. The Balaban J connectivity index is 2.83. The van der Waals surface area contributed by atoms with E-state index < -0.39 is 21.2 Å². The predicted molar refractivity (Wildman–Crippen MR) is 65.9 cm³/mol. The molecule has 2 N–H and O–H groups in total. The summed E-state index contributed by atoms with van der Waals surface area (Å²) < 4.78 is 25.7. The molecule has 0 aromatic heterocycles. The van der Waals surface area contributed by atoms with E-state index in [1.54, 1.807) is 14.1 Å². The molecule has 100 valence electrons. The van der Waals surface area contributed by atoms with Crippen molar-refractivity contribution < 1.29 is 13.2 Å². The molecule has 0 radical (unpaired) electrons. The molecule has 17 heavy (non-hydrogen) atoms. The van der Waals surface area contributed by atoms with Crippen molar-refractivity contribution in [3.8, 4) is 0 Å². The Morgan fingerprint density at radius 3 is 2.53 bits per heavy atom. The highest BCUT2D eigenvalue weighted by Gasteiger charge is 2.36. The lowest BCUT2D eigenvalue weighted by Crippen LogP contribution is -2.51. The number of nitrogens with zero attached hydrogens (tertiary/aromatic N) is 2. The molecule has 6 nitrogen and oxygen atoms in total. The van der Waals surface area contributed by atoms with Crippen molar-refractivity contribution in [1.29, 1.82) is 0 Å². The highest BCUT2D eigenvalue weighted by Crippen LogP contribution is 2.17. The molecule has 1 saturated heterocycles. The van der Waals surface area contributed by atoms with E-state index in [1.807, 2.05) is 0 Å². The normalized spacial score (nSPS) is 24.4. The first-order valence-corrected chi connectivity index (χ1v) is 7.23. The van der Waals surface area contributed by atoms with Gasteiger partial charge in [-0.15, -0.1) is 0 Å². The van der Waals surface area contributed by atoms with E-state index in [2.05, 4.69) is 0 Å². The number of nitrogens with two attached hydrogens (primary N) is 1. The zero-order valence-electron chi connectivity index (χ0n) is 10.6. The topological polar surface area (TPSA) is 83.7 Å². The lowest BCUT2D eigenvalue weighted by molar-refractivity contribution is -0.128. The monoisotopic (exact) mass is 263 g/mol. The lowest BCUT2D eigenvalue weighted by Gasteiger charge is -2.32. The molecule has 1 aliphatic rings. The molecule has 1 amide bonds. The van der Waals surface area contributed by atoms with E-state index in [-0.39, 0.29) is 6.04 Å². The summed E-state index contributed by atoms with van der Waals surface area (Å²) in [6, 6.07) is -0.125. The minimum absolute atomic E-state index is 0.125. The van der Waals surface area contributed by atoms with Crippen molar-refractivity contribution in [2.45, 2.75) is 31.1 Å². The van der Waals surface area contributed by atoms with Crippen LogP contribution in [0.25, 0.3) is 0 Å². The summed E-state index contributed by atoms with van der Waals surface area (Å²) in [5.74, 6) is -0.399. The van der Waals surface area contributed by atoms with Crippen molar-refractivity contribution in [3.63, 3.8) is 0 Å². The van der Waals surface area contributed by atoms with Gasteiger partial charge in [0.2, 0.25) is 15.9 Å². The molecule has 1 rings (SSSR count). The van der Waals surface area contributed by atoms with Gasteiger partial charge in [-0.25, -0.2) is 8.42 Å². The van der Waals surface area contributed by atoms with Crippen LogP contribution in [0.5, 0.6) is 0 Å². The molecule has 2 atom stereocenters. The van der Waals surface area contributed by atoms with Gasteiger partial charge in [0, 0.05) is 33.2 Å². The SMILES string of the molecule is CC(C(=O)N(C)C)S(=O)(=O)N1CCCC(N)C1. The molecule has 0 spiro atoms. The van der Waals surface area contributed by atoms with Gasteiger partial charge >= 0.3 is 0 Å². The maximum absolute atomic E-state index is 12.2. The predicted octanol–water partition coefficient (Wildman–Crippen LogP) is -0.784. The largest absolute Gasteiger partial charge is 0.348 e. The summed E-state index contributed by atoms with van der Waals surface area (Å²) in [7, 11) is -0.473. The second-order valence-electron chi connectivity index (χ2n) is 4.68. The van der Waals surface area contributed by atoms with E-state index >= 15 is 0 Å². The first kappa shape index (κ1) is 14.4. The number of piperidine rings is 1. The van der Waals surface area contributed by atoms with Gasteiger partial charge in [0.05, 0.1) is 0 Å². The first-order valence-electron chi connectivity index (χ1n) is 5.72. The third-order valence-electron chi connectivity index (χ3n) is 3.02. The van der Waals surface area contributed by atoms with Gasteiger partial charge in [-0.2, -0.15) is 4.31 Å².